The summed E-state index contributed by atoms with van der Waals surface area (Å²) in [6.07, 6.45) is 5.87. The number of piperidine rings is 1. The molecule has 2 heterocycles. The van der Waals surface area contributed by atoms with E-state index in [1.165, 1.54) is 0 Å². The zero-order chi connectivity index (χ0) is 16.8. The predicted molar refractivity (Wildman–Crippen MR) is 93.0 cm³/mol. The van der Waals surface area contributed by atoms with Crippen LogP contribution < -0.4 is 5.32 Å². The van der Waals surface area contributed by atoms with Crippen molar-refractivity contribution in [2.45, 2.75) is 32.4 Å². The fourth-order valence-corrected chi connectivity index (χ4v) is 2.97. The Hall–Kier alpha value is -2.34. The zero-order valence-electron chi connectivity index (χ0n) is 14.0. The molecule has 0 spiro atoms. The highest BCUT2D eigenvalue weighted by atomic mass is 16.5. The largest absolute Gasteiger partial charge is 0.377 e. The molecule has 0 aliphatic carbocycles. The number of urea groups is 1. The number of hydrogen-bond donors (Lipinski definition) is 1. The monoisotopic (exact) mass is 328 g/mol. The number of aromatic nitrogens is 2. The lowest BCUT2D eigenvalue weighted by Gasteiger charge is -2.32. The molecule has 2 amide bonds. The van der Waals surface area contributed by atoms with Crippen molar-refractivity contribution in [3.05, 3.63) is 48.3 Å². The number of carbonyl (C=O) groups excluding carboxylic acids is 1. The molecule has 1 N–H and O–H groups in total. The molecular weight excluding hydrogens is 304 g/mol. The number of anilines is 1. The Bertz CT molecular complexity index is 638. The molecule has 0 unspecified atom stereocenters. The molecule has 128 valence electrons. The van der Waals surface area contributed by atoms with Gasteiger partial charge in [0.15, 0.2) is 0 Å². The normalized spacial score (nSPS) is 17.7. The van der Waals surface area contributed by atoms with E-state index in [1.807, 2.05) is 53.0 Å². The van der Waals surface area contributed by atoms with Crippen molar-refractivity contribution >= 4 is 11.7 Å². The summed E-state index contributed by atoms with van der Waals surface area (Å²) >= 11 is 0. The average Bonchev–Trinajstić information content (AvgIpc) is 3.10. The van der Waals surface area contributed by atoms with Crippen LogP contribution in [0, 0.1) is 0 Å². The average molecular weight is 328 g/mol. The van der Waals surface area contributed by atoms with Crippen molar-refractivity contribution in [2.75, 3.05) is 25.0 Å². The van der Waals surface area contributed by atoms with Crippen LogP contribution in [0.25, 0.3) is 0 Å². The van der Waals surface area contributed by atoms with E-state index in [9.17, 15) is 4.79 Å². The van der Waals surface area contributed by atoms with Gasteiger partial charge in [-0.2, -0.15) is 5.10 Å². The topological polar surface area (TPSA) is 59.4 Å². The standard InChI is InChI=1S/C18H24N4O2/c1-2-24-17-5-3-11-21(14-17)18(23)20-16-8-6-15(7-9-16)13-22-12-4-10-19-22/h4,6-10,12,17H,2-3,5,11,13-14H2,1H3,(H,20,23)/t17-/m0/s1. The predicted octanol–water partition coefficient (Wildman–Crippen LogP) is 2.96. The number of likely N-dealkylation sites (tertiary alicyclic amines) is 1. The van der Waals surface area contributed by atoms with E-state index in [0.29, 0.717) is 13.2 Å². The minimum Gasteiger partial charge on any atom is -0.377 e. The van der Waals surface area contributed by atoms with Gasteiger partial charge in [-0.15, -0.1) is 0 Å². The van der Waals surface area contributed by atoms with Gasteiger partial charge in [0.25, 0.3) is 0 Å². The summed E-state index contributed by atoms with van der Waals surface area (Å²) in [5.74, 6) is 0. The summed E-state index contributed by atoms with van der Waals surface area (Å²) in [7, 11) is 0. The third kappa shape index (κ3) is 4.35. The number of ether oxygens (including phenoxy) is 1. The Balaban J connectivity index is 1.54. The second-order valence-electron chi connectivity index (χ2n) is 6.00. The molecule has 6 nitrogen and oxygen atoms in total. The molecule has 1 aromatic heterocycles. The lowest BCUT2D eigenvalue weighted by atomic mass is 10.1. The number of nitrogens with one attached hydrogen (secondary N) is 1. The number of benzene rings is 1. The highest BCUT2D eigenvalue weighted by Crippen LogP contribution is 2.16. The molecule has 1 saturated heterocycles. The van der Waals surface area contributed by atoms with Crippen molar-refractivity contribution in [1.82, 2.24) is 14.7 Å². The molecule has 24 heavy (non-hydrogen) atoms. The molecule has 6 heteroatoms. The maximum atomic E-state index is 12.4. The van der Waals surface area contributed by atoms with Gasteiger partial charge >= 0.3 is 6.03 Å². The van der Waals surface area contributed by atoms with Gasteiger partial charge in [0, 0.05) is 37.8 Å². The van der Waals surface area contributed by atoms with Crippen molar-refractivity contribution < 1.29 is 9.53 Å². The smallest absolute Gasteiger partial charge is 0.321 e. The van der Waals surface area contributed by atoms with Crippen LogP contribution in [0.5, 0.6) is 0 Å². The van der Waals surface area contributed by atoms with Gasteiger partial charge in [-0.3, -0.25) is 4.68 Å². The van der Waals surface area contributed by atoms with E-state index in [2.05, 4.69) is 10.4 Å². The maximum absolute atomic E-state index is 12.4. The Morgan fingerprint density at radius 3 is 2.92 bits per heavy atom. The highest BCUT2D eigenvalue weighted by Gasteiger charge is 2.23. The van der Waals surface area contributed by atoms with Gasteiger partial charge in [-0.25, -0.2) is 4.79 Å². The molecule has 1 aromatic carbocycles. The molecule has 0 saturated carbocycles. The molecule has 0 radical (unpaired) electrons. The van der Waals surface area contributed by atoms with Crippen LogP contribution in [-0.4, -0.2) is 46.5 Å². The Morgan fingerprint density at radius 1 is 1.38 bits per heavy atom. The van der Waals surface area contributed by atoms with E-state index in [-0.39, 0.29) is 12.1 Å². The van der Waals surface area contributed by atoms with E-state index < -0.39 is 0 Å². The lowest BCUT2D eigenvalue weighted by molar-refractivity contribution is 0.0181. The third-order valence-electron chi connectivity index (χ3n) is 4.18. The summed E-state index contributed by atoms with van der Waals surface area (Å²) < 4.78 is 7.52. The molecule has 1 fully saturated rings. The van der Waals surface area contributed by atoms with Gasteiger partial charge < -0.3 is 15.0 Å². The molecule has 1 atom stereocenters. The van der Waals surface area contributed by atoms with Gasteiger partial charge in [0.1, 0.15) is 0 Å². The summed E-state index contributed by atoms with van der Waals surface area (Å²) in [6.45, 7) is 4.86. The molecular formula is C18H24N4O2. The van der Waals surface area contributed by atoms with Crippen LogP contribution in [0.15, 0.2) is 42.7 Å². The van der Waals surface area contributed by atoms with Gasteiger partial charge in [0.2, 0.25) is 0 Å². The quantitative estimate of drug-likeness (QED) is 0.918. The van der Waals surface area contributed by atoms with Crippen LogP contribution in [0.1, 0.15) is 25.3 Å². The lowest BCUT2D eigenvalue weighted by Crippen LogP contribution is -2.45. The molecule has 3 rings (SSSR count). The second kappa shape index (κ2) is 7.97. The minimum atomic E-state index is -0.0563. The Labute approximate surface area is 142 Å². The first kappa shape index (κ1) is 16.5. The van der Waals surface area contributed by atoms with Crippen molar-refractivity contribution in [2.24, 2.45) is 0 Å². The van der Waals surface area contributed by atoms with E-state index in [1.54, 1.807) is 6.20 Å². The number of amides is 2. The van der Waals surface area contributed by atoms with Crippen LogP contribution >= 0.6 is 0 Å². The van der Waals surface area contributed by atoms with Crippen LogP contribution in [-0.2, 0) is 11.3 Å². The Morgan fingerprint density at radius 2 is 2.21 bits per heavy atom. The van der Waals surface area contributed by atoms with Gasteiger partial charge in [0.05, 0.1) is 12.6 Å². The van der Waals surface area contributed by atoms with Crippen molar-refractivity contribution in [3.8, 4) is 0 Å². The summed E-state index contributed by atoms with van der Waals surface area (Å²) in [5.41, 5.74) is 1.95. The van der Waals surface area contributed by atoms with E-state index in [4.69, 9.17) is 4.74 Å². The molecule has 0 bridgehead atoms. The Kier molecular flexibility index (Phi) is 5.48. The molecule has 1 aliphatic rings. The number of nitrogens with zero attached hydrogens (tertiary/aromatic N) is 3. The number of rotatable bonds is 5. The van der Waals surface area contributed by atoms with Gasteiger partial charge in [-0.05, 0) is 43.5 Å². The first-order valence-electron chi connectivity index (χ1n) is 8.48. The fourth-order valence-electron chi connectivity index (χ4n) is 2.97. The van der Waals surface area contributed by atoms with Crippen LogP contribution in [0.4, 0.5) is 10.5 Å². The highest BCUT2D eigenvalue weighted by molar-refractivity contribution is 5.89. The number of carbonyl (C=O) groups is 1. The van der Waals surface area contributed by atoms with Crippen molar-refractivity contribution in [3.63, 3.8) is 0 Å². The second-order valence-corrected chi connectivity index (χ2v) is 6.00. The van der Waals surface area contributed by atoms with E-state index in [0.717, 1.165) is 37.2 Å². The van der Waals surface area contributed by atoms with Crippen LogP contribution in [0.2, 0.25) is 0 Å². The summed E-state index contributed by atoms with van der Waals surface area (Å²) in [6, 6.07) is 9.73. The SMILES string of the molecule is CCO[C@H]1CCCN(C(=O)Nc2ccc(Cn3cccn3)cc2)C1. The minimum absolute atomic E-state index is 0.0563. The number of hydrogen-bond acceptors (Lipinski definition) is 3. The van der Waals surface area contributed by atoms with Gasteiger partial charge in [-0.1, -0.05) is 12.1 Å². The van der Waals surface area contributed by atoms with Crippen molar-refractivity contribution in [1.29, 1.82) is 0 Å². The summed E-state index contributed by atoms with van der Waals surface area (Å²) in [5, 5.41) is 7.16. The maximum Gasteiger partial charge on any atom is 0.321 e. The summed E-state index contributed by atoms with van der Waals surface area (Å²) in [4.78, 5) is 14.2. The fraction of sp³-hybridized carbons (Fsp3) is 0.444. The first-order chi connectivity index (χ1) is 11.7. The first-order valence-corrected chi connectivity index (χ1v) is 8.48. The van der Waals surface area contributed by atoms with E-state index >= 15 is 0 Å². The van der Waals surface area contributed by atoms with Crippen LogP contribution in [0.3, 0.4) is 0 Å². The molecule has 2 aromatic rings. The zero-order valence-corrected chi connectivity index (χ0v) is 14.0. The molecule has 1 aliphatic heterocycles. The third-order valence-corrected chi connectivity index (χ3v) is 4.18.